The maximum Gasteiger partial charge on any atom is 0.0638 e. The van der Waals surface area contributed by atoms with Gasteiger partial charge in [0.2, 0.25) is 0 Å². The molecule has 0 radical (unpaired) electrons. The molecular formula is C18H18O. The largest absolute Gasteiger partial charge is 0.392 e. The van der Waals surface area contributed by atoms with Crippen molar-refractivity contribution in [3.63, 3.8) is 0 Å². The molecule has 1 N–H and O–H groups in total. The Kier molecular flexibility index (Phi) is 2.06. The van der Waals surface area contributed by atoms with E-state index in [4.69, 9.17) is 0 Å². The van der Waals surface area contributed by atoms with Crippen LogP contribution >= 0.6 is 0 Å². The Balaban J connectivity index is 1.93. The van der Waals surface area contributed by atoms with Gasteiger partial charge in [-0.25, -0.2) is 0 Å². The van der Waals surface area contributed by atoms with Gasteiger partial charge in [-0.3, -0.25) is 0 Å². The van der Waals surface area contributed by atoms with E-state index in [-0.39, 0.29) is 11.5 Å². The third-order valence-electron chi connectivity index (χ3n) is 5.09. The number of aliphatic hydroxyl groups excluding tert-OH is 1. The van der Waals surface area contributed by atoms with E-state index < -0.39 is 0 Å². The Morgan fingerprint density at radius 1 is 0.842 bits per heavy atom. The number of hydrogen-bond acceptors (Lipinski definition) is 1. The maximum absolute atomic E-state index is 10.3. The first-order valence-electron chi connectivity index (χ1n) is 6.98. The molecule has 0 amide bonds. The molecule has 19 heavy (non-hydrogen) atoms. The van der Waals surface area contributed by atoms with Crippen molar-refractivity contribution in [2.75, 3.05) is 0 Å². The second-order valence-electron chi connectivity index (χ2n) is 6.44. The molecule has 0 heterocycles. The zero-order valence-corrected chi connectivity index (χ0v) is 11.3. The summed E-state index contributed by atoms with van der Waals surface area (Å²) in [5, 5.41) is 10.3. The quantitative estimate of drug-likeness (QED) is 0.816. The third-order valence-corrected chi connectivity index (χ3v) is 5.09. The summed E-state index contributed by atoms with van der Waals surface area (Å²) in [4.78, 5) is 0. The lowest BCUT2D eigenvalue weighted by molar-refractivity contribution is 0.228. The summed E-state index contributed by atoms with van der Waals surface area (Å²) in [6.45, 7) is 4.34. The lowest BCUT2D eigenvalue weighted by Crippen LogP contribution is -2.04. The van der Waals surface area contributed by atoms with Crippen LogP contribution in [0.4, 0.5) is 0 Å². The van der Waals surface area contributed by atoms with Crippen molar-refractivity contribution in [2.24, 2.45) is 11.3 Å². The van der Waals surface area contributed by atoms with Crippen molar-refractivity contribution in [1.82, 2.24) is 0 Å². The van der Waals surface area contributed by atoms with E-state index >= 15 is 0 Å². The van der Waals surface area contributed by atoms with Gasteiger partial charge in [0.1, 0.15) is 0 Å². The first-order valence-corrected chi connectivity index (χ1v) is 6.98. The van der Waals surface area contributed by atoms with Crippen molar-refractivity contribution in [3.8, 4) is 11.1 Å². The molecule has 4 rings (SSSR count). The zero-order chi connectivity index (χ0) is 13.2. The van der Waals surface area contributed by atoms with Gasteiger partial charge in [-0.15, -0.1) is 0 Å². The first kappa shape index (κ1) is 11.2. The normalized spacial score (nSPS) is 26.9. The summed E-state index contributed by atoms with van der Waals surface area (Å²) < 4.78 is 0. The van der Waals surface area contributed by atoms with Crippen LogP contribution in [-0.2, 0) is 0 Å². The summed E-state index contributed by atoms with van der Waals surface area (Å²) in [6.07, 6.45) is -0.184. The van der Waals surface area contributed by atoms with Crippen molar-refractivity contribution >= 4 is 0 Å². The Morgan fingerprint density at radius 2 is 1.26 bits per heavy atom. The fraction of sp³-hybridized carbons (Fsp3) is 0.333. The summed E-state index contributed by atoms with van der Waals surface area (Å²) >= 11 is 0. The SMILES string of the molecule is CC1(C)C(O)C1C1c2ccccc2-c2ccccc21. The van der Waals surface area contributed by atoms with Crippen LogP contribution in [0.1, 0.15) is 30.9 Å². The third kappa shape index (κ3) is 1.34. The molecule has 2 aliphatic carbocycles. The zero-order valence-electron chi connectivity index (χ0n) is 11.3. The van der Waals surface area contributed by atoms with E-state index in [2.05, 4.69) is 62.4 Å². The highest BCUT2D eigenvalue weighted by Crippen LogP contribution is 2.64. The molecule has 2 aromatic rings. The second kappa shape index (κ2) is 3.49. The molecule has 1 heteroatoms. The molecule has 2 unspecified atom stereocenters. The van der Waals surface area contributed by atoms with Crippen LogP contribution in [0.15, 0.2) is 48.5 Å². The van der Waals surface area contributed by atoms with Crippen molar-refractivity contribution in [3.05, 3.63) is 59.7 Å². The van der Waals surface area contributed by atoms with E-state index in [0.29, 0.717) is 11.8 Å². The van der Waals surface area contributed by atoms with Gasteiger partial charge < -0.3 is 5.11 Å². The highest BCUT2D eigenvalue weighted by atomic mass is 16.3. The predicted molar refractivity (Wildman–Crippen MR) is 77.0 cm³/mol. The van der Waals surface area contributed by atoms with Crippen LogP contribution in [-0.4, -0.2) is 11.2 Å². The molecule has 0 aliphatic heterocycles. The lowest BCUT2D eigenvalue weighted by atomic mass is 9.88. The van der Waals surface area contributed by atoms with Crippen LogP contribution < -0.4 is 0 Å². The van der Waals surface area contributed by atoms with Crippen molar-refractivity contribution in [2.45, 2.75) is 25.9 Å². The van der Waals surface area contributed by atoms with Gasteiger partial charge in [-0.2, -0.15) is 0 Å². The average Bonchev–Trinajstić information content (AvgIpc) is 2.80. The van der Waals surface area contributed by atoms with E-state index in [1.807, 2.05) is 0 Å². The van der Waals surface area contributed by atoms with E-state index in [1.54, 1.807) is 0 Å². The molecule has 0 spiro atoms. The number of benzene rings is 2. The maximum atomic E-state index is 10.3. The minimum absolute atomic E-state index is 0.0369. The van der Waals surface area contributed by atoms with Crippen molar-refractivity contribution < 1.29 is 5.11 Å². The fourth-order valence-corrected chi connectivity index (χ4v) is 3.84. The Labute approximate surface area is 113 Å². The smallest absolute Gasteiger partial charge is 0.0638 e. The molecule has 2 atom stereocenters. The van der Waals surface area contributed by atoms with Gasteiger partial charge in [0.25, 0.3) is 0 Å². The van der Waals surface area contributed by atoms with Gasteiger partial charge >= 0.3 is 0 Å². The molecule has 96 valence electrons. The summed E-state index contributed by atoms with van der Waals surface area (Å²) in [5.74, 6) is 0.703. The molecule has 2 aromatic carbocycles. The molecule has 1 saturated carbocycles. The number of hydrogen-bond donors (Lipinski definition) is 1. The van der Waals surface area contributed by atoms with E-state index in [9.17, 15) is 5.11 Å². The van der Waals surface area contributed by atoms with Crippen LogP contribution in [0.3, 0.4) is 0 Å². The van der Waals surface area contributed by atoms with E-state index in [0.717, 1.165) is 0 Å². The summed E-state index contributed by atoms with van der Waals surface area (Å²) in [5.41, 5.74) is 5.50. The fourth-order valence-electron chi connectivity index (χ4n) is 3.84. The summed E-state index contributed by atoms with van der Waals surface area (Å²) in [7, 11) is 0. The van der Waals surface area contributed by atoms with Crippen LogP contribution in [0.25, 0.3) is 11.1 Å². The van der Waals surface area contributed by atoms with Crippen molar-refractivity contribution in [1.29, 1.82) is 0 Å². The van der Waals surface area contributed by atoms with Crippen LogP contribution in [0.2, 0.25) is 0 Å². The first-order chi connectivity index (χ1) is 9.12. The standard InChI is InChI=1S/C18H18O/c1-18(2)16(17(18)19)15-13-9-5-3-7-11(13)12-8-4-6-10-14(12)15/h3-10,15-17,19H,1-2H3. The minimum Gasteiger partial charge on any atom is -0.392 e. The molecule has 2 aliphatic rings. The summed E-state index contributed by atoms with van der Waals surface area (Å²) in [6, 6.07) is 17.3. The number of fused-ring (bicyclic) bond motifs is 3. The highest BCUT2D eigenvalue weighted by Gasteiger charge is 2.62. The van der Waals surface area contributed by atoms with Gasteiger partial charge in [0.15, 0.2) is 0 Å². The monoisotopic (exact) mass is 250 g/mol. The number of aliphatic hydroxyl groups is 1. The van der Waals surface area contributed by atoms with Crippen LogP contribution in [0.5, 0.6) is 0 Å². The van der Waals surface area contributed by atoms with Crippen LogP contribution in [0, 0.1) is 11.3 Å². The average molecular weight is 250 g/mol. The Bertz CT molecular complexity index is 611. The molecule has 0 bridgehead atoms. The molecule has 0 aromatic heterocycles. The second-order valence-corrected chi connectivity index (χ2v) is 6.44. The van der Waals surface area contributed by atoms with Gasteiger partial charge in [0.05, 0.1) is 6.10 Å². The molecule has 1 fully saturated rings. The Hall–Kier alpha value is -1.60. The highest BCUT2D eigenvalue weighted by molar-refractivity contribution is 5.79. The minimum atomic E-state index is -0.184. The van der Waals surface area contributed by atoms with Gasteiger partial charge in [-0.05, 0) is 27.7 Å². The Morgan fingerprint density at radius 3 is 1.68 bits per heavy atom. The lowest BCUT2D eigenvalue weighted by Gasteiger charge is -2.14. The topological polar surface area (TPSA) is 20.2 Å². The van der Waals surface area contributed by atoms with Gasteiger partial charge in [0, 0.05) is 11.8 Å². The predicted octanol–water partition coefficient (Wildman–Crippen LogP) is 3.82. The van der Waals surface area contributed by atoms with Gasteiger partial charge in [-0.1, -0.05) is 62.4 Å². The molecular weight excluding hydrogens is 232 g/mol. The molecule has 0 saturated heterocycles. The molecule has 1 nitrogen and oxygen atoms in total. The van der Waals surface area contributed by atoms with E-state index in [1.165, 1.54) is 22.3 Å². The number of rotatable bonds is 1.